The third-order valence-electron chi connectivity index (χ3n) is 3.30. The molecule has 3 heteroatoms. The number of amides is 1. The average molecular weight is 238 g/mol. The van der Waals surface area contributed by atoms with Gasteiger partial charge >= 0.3 is 0 Å². The minimum Gasteiger partial charge on any atom is -0.311 e. The van der Waals surface area contributed by atoms with E-state index in [1.165, 1.54) is 16.7 Å². The van der Waals surface area contributed by atoms with Gasteiger partial charge in [-0.3, -0.25) is 4.79 Å². The standard InChI is InChI=1S/C13H16ClNO/c1-8-4-12(5-9(2)10(8)3)15-7-11(14)6-13(15)16/h4-5,11H,6-7H2,1-3H3. The first-order valence-electron chi connectivity index (χ1n) is 5.51. The molecule has 0 bridgehead atoms. The van der Waals surface area contributed by atoms with Crippen LogP contribution in [0, 0.1) is 20.8 Å². The van der Waals surface area contributed by atoms with E-state index in [9.17, 15) is 4.79 Å². The van der Waals surface area contributed by atoms with Crippen molar-refractivity contribution < 1.29 is 4.79 Å². The number of carbonyl (C=O) groups excluding carboxylic acids is 1. The summed E-state index contributed by atoms with van der Waals surface area (Å²) in [7, 11) is 0. The second-order valence-corrected chi connectivity index (χ2v) is 5.13. The van der Waals surface area contributed by atoms with Crippen molar-refractivity contribution in [3.05, 3.63) is 28.8 Å². The smallest absolute Gasteiger partial charge is 0.228 e. The van der Waals surface area contributed by atoms with E-state index in [1.54, 1.807) is 4.90 Å². The van der Waals surface area contributed by atoms with E-state index in [1.807, 2.05) is 0 Å². The largest absolute Gasteiger partial charge is 0.311 e. The van der Waals surface area contributed by atoms with Gasteiger partial charge in [0.25, 0.3) is 0 Å². The lowest BCUT2D eigenvalue weighted by Gasteiger charge is -2.18. The fourth-order valence-corrected chi connectivity index (χ4v) is 2.35. The Morgan fingerprint density at radius 1 is 1.25 bits per heavy atom. The highest BCUT2D eigenvalue weighted by molar-refractivity contribution is 6.24. The van der Waals surface area contributed by atoms with Crippen LogP contribution in [0.15, 0.2) is 12.1 Å². The molecule has 0 saturated carbocycles. The van der Waals surface area contributed by atoms with Gasteiger partial charge < -0.3 is 4.90 Å². The summed E-state index contributed by atoms with van der Waals surface area (Å²) >= 11 is 6.00. The zero-order valence-corrected chi connectivity index (χ0v) is 10.6. The monoisotopic (exact) mass is 237 g/mol. The summed E-state index contributed by atoms with van der Waals surface area (Å²) < 4.78 is 0. The van der Waals surface area contributed by atoms with E-state index in [-0.39, 0.29) is 11.3 Å². The third kappa shape index (κ3) is 1.94. The quantitative estimate of drug-likeness (QED) is 0.688. The molecule has 2 nitrogen and oxygen atoms in total. The van der Waals surface area contributed by atoms with Gasteiger partial charge in [-0.25, -0.2) is 0 Å². The van der Waals surface area contributed by atoms with Crippen molar-refractivity contribution >= 4 is 23.2 Å². The lowest BCUT2D eigenvalue weighted by molar-refractivity contribution is -0.117. The SMILES string of the molecule is Cc1cc(N2CC(Cl)CC2=O)cc(C)c1C. The Hall–Kier alpha value is -1.02. The minimum absolute atomic E-state index is 0.0468. The minimum atomic E-state index is -0.0468. The molecule has 0 spiro atoms. The van der Waals surface area contributed by atoms with Crippen LogP contribution in [-0.4, -0.2) is 17.8 Å². The Balaban J connectivity index is 2.38. The van der Waals surface area contributed by atoms with Crippen molar-refractivity contribution in [2.75, 3.05) is 11.4 Å². The van der Waals surface area contributed by atoms with Crippen LogP contribution in [0.1, 0.15) is 23.1 Å². The fourth-order valence-electron chi connectivity index (χ4n) is 2.08. The van der Waals surface area contributed by atoms with Crippen molar-refractivity contribution in [2.24, 2.45) is 0 Å². The number of carbonyl (C=O) groups is 1. The molecule has 1 aromatic rings. The summed E-state index contributed by atoms with van der Waals surface area (Å²) in [4.78, 5) is 13.5. The summed E-state index contributed by atoms with van der Waals surface area (Å²) in [5.74, 6) is 0.127. The van der Waals surface area contributed by atoms with E-state index < -0.39 is 0 Å². The Kier molecular flexibility index (Phi) is 2.94. The van der Waals surface area contributed by atoms with E-state index in [4.69, 9.17) is 11.6 Å². The highest BCUT2D eigenvalue weighted by atomic mass is 35.5. The van der Waals surface area contributed by atoms with Gasteiger partial charge in [-0.05, 0) is 49.6 Å². The number of halogens is 1. The van der Waals surface area contributed by atoms with Crippen molar-refractivity contribution in [1.82, 2.24) is 0 Å². The highest BCUT2D eigenvalue weighted by Gasteiger charge is 2.29. The molecular formula is C13H16ClNO. The molecule has 1 heterocycles. The molecule has 1 aromatic carbocycles. The highest BCUT2D eigenvalue weighted by Crippen LogP contribution is 2.27. The maximum absolute atomic E-state index is 11.7. The lowest BCUT2D eigenvalue weighted by atomic mass is 10.0. The molecule has 0 aromatic heterocycles. The first-order valence-corrected chi connectivity index (χ1v) is 5.95. The van der Waals surface area contributed by atoms with E-state index >= 15 is 0 Å². The maximum Gasteiger partial charge on any atom is 0.228 e. The van der Waals surface area contributed by atoms with Crippen LogP contribution in [0.5, 0.6) is 0 Å². The molecule has 1 fully saturated rings. The number of nitrogens with zero attached hydrogens (tertiary/aromatic N) is 1. The van der Waals surface area contributed by atoms with Gasteiger partial charge in [0.15, 0.2) is 0 Å². The Morgan fingerprint density at radius 3 is 2.25 bits per heavy atom. The topological polar surface area (TPSA) is 20.3 Å². The van der Waals surface area contributed by atoms with Crippen LogP contribution in [0.3, 0.4) is 0 Å². The molecule has 2 rings (SSSR count). The number of aryl methyl sites for hydroxylation is 2. The molecule has 86 valence electrons. The zero-order chi connectivity index (χ0) is 11.9. The van der Waals surface area contributed by atoms with E-state index in [0.29, 0.717) is 13.0 Å². The molecule has 1 amide bonds. The molecule has 1 saturated heterocycles. The van der Waals surface area contributed by atoms with Gasteiger partial charge in [0.05, 0.1) is 5.38 Å². The van der Waals surface area contributed by atoms with Crippen LogP contribution in [0.25, 0.3) is 0 Å². The summed E-state index contributed by atoms with van der Waals surface area (Å²) in [5.41, 5.74) is 4.72. The van der Waals surface area contributed by atoms with Crippen LogP contribution in [0.2, 0.25) is 0 Å². The molecule has 0 radical (unpaired) electrons. The molecule has 1 unspecified atom stereocenters. The molecule has 1 atom stereocenters. The average Bonchev–Trinajstić information content (AvgIpc) is 2.53. The van der Waals surface area contributed by atoms with Gasteiger partial charge in [-0.2, -0.15) is 0 Å². The predicted octanol–water partition coefficient (Wildman–Crippen LogP) is 2.96. The molecule has 0 aliphatic carbocycles. The Morgan fingerprint density at radius 2 is 1.81 bits per heavy atom. The third-order valence-corrected chi connectivity index (χ3v) is 3.59. The van der Waals surface area contributed by atoms with E-state index in [2.05, 4.69) is 32.9 Å². The first kappa shape index (κ1) is 11.5. The predicted molar refractivity (Wildman–Crippen MR) is 67.3 cm³/mol. The number of hydrogen-bond donors (Lipinski definition) is 0. The number of anilines is 1. The summed E-state index contributed by atoms with van der Waals surface area (Å²) in [6, 6.07) is 4.13. The van der Waals surface area contributed by atoms with Crippen molar-refractivity contribution in [3.63, 3.8) is 0 Å². The van der Waals surface area contributed by atoms with Crippen LogP contribution < -0.4 is 4.90 Å². The molecule has 16 heavy (non-hydrogen) atoms. The number of benzene rings is 1. The maximum atomic E-state index is 11.7. The van der Waals surface area contributed by atoms with Gasteiger partial charge in [0, 0.05) is 18.7 Å². The second-order valence-electron chi connectivity index (χ2n) is 4.51. The summed E-state index contributed by atoms with van der Waals surface area (Å²) in [5, 5.41) is -0.0468. The van der Waals surface area contributed by atoms with Gasteiger partial charge in [0.1, 0.15) is 0 Å². The molecule has 1 aliphatic rings. The molecule has 1 aliphatic heterocycles. The van der Waals surface area contributed by atoms with E-state index in [0.717, 1.165) is 5.69 Å². The summed E-state index contributed by atoms with van der Waals surface area (Å²) in [6.45, 7) is 6.88. The fraction of sp³-hybridized carbons (Fsp3) is 0.462. The Labute approximate surface area is 101 Å². The number of rotatable bonds is 1. The van der Waals surface area contributed by atoms with Crippen molar-refractivity contribution in [3.8, 4) is 0 Å². The number of alkyl halides is 1. The first-order chi connectivity index (χ1) is 7.49. The van der Waals surface area contributed by atoms with Crippen LogP contribution in [0.4, 0.5) is 5.69 Å². The van der Waals surface area contributed by atoms with Crippen molar-refractivity contribution in [1.29, 1.82) is 0 Å². The number of hydrogen-bond acceptors (Lipinski definition) is 1. The second kappa shape index (κ2) is 4.10. The summed E-state index contributed by atoms with van der Waals surface area (Å²) in [6.07, 6.45) is 0.452. The lowest BCUT2D eigenvalue weighted by Crippen LogP contribution is -2.24. The normalized spacial score (nSPS) is 20.6. The van der Waals surface area contributed by atoms with Crippen molar-refractivity contribution in [2.45, 2.75) is 32.6 Å². The zero-order valence-electron chi connectivity index (χ0n) is 9.88. The Bertz CT molecular complexity index is 419. The van der Waals surface area contributed by atoms with Gasteiger partial charge in [-0.1, -0.05) is 0 Å². The van der Waals surface area contributed by atoms with Crippen LogP contribution in [-0.2, 0) is 4.79 Å². The van der Waals surface area contributed by atoms with Crippen LogP contribution >= 0.6 is 11.6 Å². The molecular weight excluding hydrogens is 222 g/mol. The van der Waals surface area contributed by atoms with Gasteiger partial charge in [0.2, 0.25) is 5.91 Å². The molecule has 0 N–H and O–H groups in total. The van der Waals surface area contributed by atoms with Gasteiger partial charge in [-0.15, -0.1) is 11.6 Å².